The van der Waals surface area contributed by atoms with Crippen molar-refractivity contribution in [3.63, 3.8) is 0 Å². The number of hydrogen-bond donors (Lipinski definition) is 0. The molecule has 0 saturated carbocycles. The van der Waals surface area contributed by atoms with Gasteiger partial charge in [0.1, 0.15) is 0 Å². The minimum absolute atomic E-state index is 0.00890. The molecule has 0 aliphatic carbocycles. The number of rotatable bonds is 9. The molecule has 26 heavy (non-hydrogen) atoms. The lowest BCUT2D eigenvalue weighted by Crippen LogP contribution is -2.09. The number of carbonyl (C=O) groups is 1. The maximum atomic E-state index is 12.8. The van der Waals surface area contributed by atoms with Crippen LogP contribution in [0, 0.1) is 0 Å². The van der Waals surface area contributed by atoms with Crippen molar-refractivity contribution in [1.29, 1.82) is 0 Å². The van der Waals surface area contributed by atoms with Crippen molar-refractivity contribution in [2.75, 3.05) is 20.8 Å². The molecule has 2 rings (SSSR count). The highest BCUT2D eigenvalue weighted by Crippen LogP contribution is 2.41. The third-order valence-corrected chi connectivity index (χ3v) is 4.31. The van der Waals surface area contributed by atoms with Crippen LogP contribution in [0.5, 0.6) is 17.2 Å². The highest BCUT2D eigenvalue weighted by Gasteiger charge is 2.22. The summed E-state index contributed by atoms with van der Waals surface area (Å²) < 4.78 is 16.5. The first-order chi connectivity index (χ1) is 12.5. The van der Waals surface area contributed by atoms with Gasteiger partial charge in [0.25, 0.3) is 0 Å². The lowest BCUT2D eigenvalue weighted by Gasteiger charge is -2.17. The molecule has 0 N–H and O–H groups in total. The van der Waals surface area contributed by atoms with Crippen LogP contribution in [0.2, 0.25) is 10.0 Å². The number of benzene rings is 1. The van der Waals surface area contributed by atoms with E-state index in [9.17, 15) is 4.79 Å². The van der Waals surface area contributed by atoms with Gasteiger partial charge in [0.15, 0.2) is 17.3 Å². The molecule has 1 aromatic heterocycles. The predicted molar refractivity (Wildman–Crippen MR) is 102 cm³/mol. The molecular formula is C19H19Cl2NO4. The van der Waals surface area contributed by atoms with E-state index in [4.69, 9.17) is 37.4 Å². The second kappa shape index (κ2) is 9.46. The van der Waals surface area contributed by atoms with Crippen molar-refractivity contribution in [3.05, 3.63) is 58.4 Å². The van der Waals surface area contributed by atoms with Gasteiger partial charge in [-0.2, -0.15) is 0 Å². The number of nitrogens with zero attached hydrogens (tertiary/aromatic N) is 1. The highest BCUT2D eigenvalue weighted by molar-refractivity contribution is 6.36. The lowest BCUT2D eigenvalue weighted by atomic mass is 10.0. The van der Waals surface area contributed by atoms with E-state index < -0.39 is 0 Å². The van der Waals surface area contributed by atoms with Gasteiger partial charge in [-0.15, -0.1) is 6.58 Å². The second-order valence-electron chi connectivity index (χ2n) is 5.29. The molecule has 0 unspecified atom stereocenters. The Hall–Kier alpha value is -2.24. The van der Waals surface area contributed by atoms with Gasteiger partial charge in [-0.05, 0) is 18.6 Å². The number of hydrogen-bond acceptors (Lipinski definition) is 5. The van der Waals surface area contributed by atoms with Crippen LogP contribution >= 0.6 is 23.2 Å². The van der Waals surface area contributed by atoms with Gasteiger partial charge in [0, 0.05) is 24.4 Å². The van der Waals surface area contributed by atoms with Crippen LogP contribution in [0.25, 0.3) is 0 Å². The van der Waals surface area contributed by atoms with Gasteiger partial charge in [-0.3, -0.25) is 9.78 Å². The molecular weight excluding hydrogens is 377 g/mol. The van der Waals surface area contributed by atoms with Crippen LogP contribution in [0.1, 0.15) is 22.3 Å². The van der Waals surface area contributed by atoms with E-state index in [1.165, 1.54) is 26.6 Å². The summed E-state index contributed by atoms with van der Waals surface area (Å²) in [4.78, 5) is 16.7. The summed E-state index contributed by atoms with van der Waals surface area (Å²) in [6, 6.07) is 3.29. The summed E-state index contributed by atoms with van der Waals surface area (Å²) in [6.07, 6.45) is 5.29. The van der Waals surface area contributed by atoms with Crippen molar-refractivity contribution in [2.45, 2.75) is 12.8 Å². The Bertz CT molecular complexity index is 788. The van der Waals surface area contributed by atoms with Crippen molar-refractivity contribution in [1.82, 2.24) is 4.98 Å². The van der Waals surface area contributed by atoms with Gasteiger partial charge in [-0.25, -0.2) is 0 Å². The van der Waals surface area contributed by atoms with Crippen LogP contribution in [-0.4, -0.2) is 31.6 Å². The Morgan fingerprint density at radius 2 is 1.85 bits per heavy atom. The molecule has 2 aromatic rings. The molecule has 0 radical (unpaired) electrons. The SMILES string of the molecule is C=CCCOc1c(OC)ccc(C(=O)Cc2c(Cl)cncc2Cl)c1OC. The number of halogens is 2. The van der Waals surface area contributed by atoms with Crippen LogP contribution in [-0.2, 0) is 6.42 Å². The Morgan fingerprint density at radius 3 is 2.42 bits per heavy atom. The summed E-state index contributed by atoms with van der Waals surface area (Å²) in [6.45, 7) is 4.04. The zero-order chi connectivity index (χ0) is 19.1. The fourth-order valence-electron chi connectivity index (χ4n) is 2.37. The zero-order valence-electron chi connectivity index (χ0n) is 14.6. The first kappa shape index (κ1) is 20.1. The van der Waals surface area contributed by atoms with E-state index in [1.807, 2.05) is 0 Å². The number of Topliss-reactive ketones (excluding diaryl/α,β-unsaturated/α-hetero) is 1. The Labute approximate surface area is 162 Å². The van der Waals surface area contributed by atoms with E-state index in [2.05, 4.69) is 11.6 Å². The van der Waals surface area contributed by atoms with Crippen LogP contribution in [0.15, 0.2) is 37.2 Å². The molecule has 0 bridgehead atoms. The zero-order valence-corrected chi connectivity index (χ0v) is 16.1. The molecule has 0 atom stereocenters. The number of pyridine rings is 1. The Balaban J connectivity index is 2.40. The van der Waals surface area contributed by atoms with Crippen molar-refractivity contribution < 1.29 is 19.0 Å². The first-order valence-corrected chi connectivity index (χ1v) is 8.58. The summed E-state index contributed by atoms with van der Waals surface area (Å²) in [5.41, 5.74) is 0.867. The van der Waals surface area contributed by atoms with Gasteiger partial charge in [-0.1, -0.05) is 29.3 Å². The monoisotopic (exact) mass is 395 g/mol. The van der Waals surface area contributed by atoms with E-state index in [0.717, 1.165) is 0 Å². The number of methoxy groups -OCH3 is 2. The number of ether oxygens (including phenoxy) is 3. The van der Waals surface area contributed by atoms with Crippen molar-refractivity contribution in [2.24, 2.45) is 0 Å². The smallest absolute Gasteiger partial charge is 0.204 e. The Kier molecular flexibility index (Phi) is 7.30. The molecule has 7 heteroatoms. The van der Waals surface area contributed by atoms with E-state index >= 15 is 0 Å². The van der Waals surface area contributed by atoms with E-state index in [-0.39, 0.29) is 12.2 Å². The molecule has 138 valence electrons. The lowest BCUT2D eigenvalue weighted by molar-refractivity contribution is 0.0989. The standard InChI is InChI=1S/C19H19Cl2NO4/c1-4-5-8-26-19-17(24-2)7-6-12(18(19)25-3)16(23)9-13-14(20)10-22-11-15(13)21/h4,6-7,10-11H,1,5,8-9H2,2-3H3. The minimum Gasteiger partial charge on any atom is -0.493 e. The molecule has 0 amide bonds. The topological polar surface area (TPSA) is 57.7 Å². The molecule has 5 nitrogen and oxygen atoms in total. The fraction of sp³-hybridized carbons (Fsp3) is 0.263. The average Bonchev–Trinajstić information content (AvgIpc) is 2.64. The second-order valence-corrected chi connectivity index (χ2v) is 6.10. The van der Waals surface area contributed by atoms with Gasteiger partial charge >= 0.3 is 0 Å². The average molecular weight is 396 g/mol. The third-order valence-electron chi connectivity index (χ3n) is 3.66. The first-order valence-electron chi connectivity index (χ1n) is 7.83. The molecule has 0 aliphatic heterocycles. The maximum Gasteiger partial charge on any atom is 0.204 e. The number of aromatic nitrogens is 1. The number of ketones is 1. The van der Waals surface area contributed by atoms with Gasteiger partial charge in [0.05, 0.1) is 36.4 Å². The molecule has 0 spiro atoms. The largest absolute Gasteiger partial charge is 0.493 e. The fourth-order valence-corrected chi connectivity index (χ4v) is 2.87. The molecule has 1 heterocycles. The van der Waals surface area contributed by atoms with Crippen molar-refractivity contribution >= 4 is 29.0 Å². The molecule has 0 saturated heterocycles. The summed E-state index contributed by atoms with van der Waals surface area (Å²) >= 11 is 12.2. The summed E-state index contributed by atoms with van der Waals surface area (Å²) in [5.74, 6) is 0.935. The third kappa shape index (κ3) is 4.48. The van der Waals surface area contributed by atoms with Gasteiger partial charge < -0.3 is 14.2 Å². The molecule has 1 aromatic carbocycles. The summed E-state index contributed by atoms with van der Waals surface area (Å²) in [5, 5.41) is 0.668. The quantitative estimate of drug-likeness (QED) is 0.347. The predicted octanol–water partition coefficient (Wildman–Crippen LogP) is 4.79. The van der Waals surface area contributed by atoms with E-state index in [0.29, 0.717) is 51.4 Å². The molecule has 0 aliphatic rings. The maximum absolute atomic E-state index is 12.8. The molecule has 0 fully saturated rings. The number of carbonyl (C=O) groups excluding carboxylic acids is 1. The van der Waals surface area contributed by atoms with Crippen LogP contribution in [0.4, 0.5) is 0 Å². The van der Waals surface area contributed by atoms with Crippen molar-refractivity contribution in [3.8, 4) is 17.2 Å². The Morgan fingerprint density at radius 1 is 1.15 bits per heavy atom. The van der Waals surface area contributed by atoms with E-state index in [1.54, 1.807) is 18.2 Å². The highest BCUT2D eigenvalue weighted by atomic mass is 35.5. The van der Waals surface area contributed by atoms with Crippen LogP contribution in [0.3, 0.4) is 0 Å². The normalized spacial score (nSPS) is 10.3. The van der Waals surface area contributed by atoms with Gasteiger partial charge in [0.2, 0.25) is 5.75 Å². The summed E-state index contributed by atoms with van der Waals surface area (Å²) in [7, 11) is 2.99. The van der Waals surface area contributed by atoms with Crippen LogP contribution < -0.4 is 14.2 Å². The minimum atomic E-state index is -0.215.